The molecule has 0 saturated carbocycles. The number of aliphatic hydroxyl groups is 2. The van der Waals surface area contributed by atoms with Crippen LogP contribution in [0, 0.1) is 36.5 Å². The molecule has 0 spiro atoms. The maximum absolute atomic E-state index is 11.9. The first kappa shape index (κ1) is 42.2. The maximum Gasteiger partial charge on any atom is 0.326 e. The topological polar surface area (TPSA) is 190 Å². The summed E-state index contributed by atoms with van der Waals surface area (Å²) in [7, 11) is 0. The number of pyridine rings is 1. The third kappa shape index (κ3) is 10.7. The lowest BCUT2D eigenvalue weighted by Crippen LogP contribution is -2.52. The van der Waals surface area contributed by atoms with Gasteiger partial charge in [0, 0.05) is 25.2 Å². The minimum Gasteiger partial charge on any atom is -0.492 e. The van der Waals surface area contributed by atoms with Crippen LogP contribution < -0.4 is 24.8 Å². The van der Waals surface area contributed by atoms with Crippen molar-refractivity contribution < 1.29 is 34.3 Å². The van der Waals surface area contributed by atoms with E-state index in [9.17, 15) is 25.5 Å². The average molecular weight is 790 g/mol. The Morgan fingerprint density at radius 2 is 1.46 bits per heavy atom. The number of aliphatic hydroxyl groups excluding tert-OH is 2. The van der Waals surface area contributed by atoms with Crippen LogP contribution in [0.4, 0.5) is 0 Å². The quantitative estimate of drug-likeness (QED) is 0.0574. The lowest BCUT2D eigenvalue weighted by molar-refractivity contribution is -0.145. The van der Waals surface area contributed by atoms with Gasteiger partial charge in [-0.15, -0.1) is 0 Å². The van der Waals surface area contributed by atoms with Gasteiger partial charge in [0.2, 0.25) is 11.8 Å². The Bertz CT molecular complexity index is 2260. The molecule has 4 aromatic carbocycles. The minimum absolute atomic E-state index is 0.0667. The van der Waals surface area contributed by atoms with Crippen molar-refractivity contribution in [2.24, 2.45) is 0 Å². The summed E-state index contributed by atoms with van der Waals surface area (Å²) < 4.78 is 18.1. The Hall–Kier alpha value is -5.99. The summed E-state index contributed by atoms with van der Waals surface area (Å²) in [5, 5.41) is 53.3. The zero-order chi connectivity index (χ0) is 41.0. The Balaban J connectivity index is 1.37. The number of hydrogen-bond donors (Lipinski definition) is 5. The summed E-state index contributed by atoms with van der Waals surface area (Å²) in [6.45, 7) is 6.55. The molecule has 0 amide bonds. The highest BCUT2D eigenvalue weighted by Gasteiger charge is 2.32. The first-order chi connectivity index (χ1) is 27.5. The van der Waals surface area contributed by atoms with E-state index in [2.05, 4.69) is 40.7 Å². The van der Waals surface area contributed by atoms with Crippen molar-refractivity contribution in [3.63, 3.8) is 0 Å². The van der Waals surface area contributed by atoms with E-state index < -0.39 is 18.1 Å². The molecular weight excluding hydrogens is 746 g/mol. The van der Waals surface area contributed by atoms with Crippen molar-refractivity contribution in [3.8, 4) is 51.9 Å². The van der Waals surface area contributed by atoms with Crippen LogP contribution in [-0.2, 0) is 24.6 Å². The molecule has 294 valence electrons. The molecule has 57 heavy (non-hydrogen) atoms. The molecule has 0 aliphatic carbocycles. The summed E-state index contributed by atoms with van der Waals surface area (Å²) >= 11 is 6.70. The molecule has 0 fully saturated rings. The molecular formula is C44H44ClN5O7. The fraction of sp³-hybridized carbons (Fsp3) is 0.273. The van der Waals surface area contributed by atoms with E-state index in [1.165, 1.54) is 13.0 Å². The van der Waals surface area contributed by atoms with Crippen LogP contribution in [0.3, 0.4) is 0 Å². The van der Waals surface area contributed by atoms with Crippen LogP contribution in [0.1, 0.15) is 45.9 Å². The van der Waals surface area contributed by atoms with Gasteiger partial charge >= 0.3 is 5.97 Å². The van der Waals surface area contributed by atoms with E-state index in [0.717, 1.165) is 44.7 Å². The number of nitrogens with one attached hydrogen (secondary N) is 2. The lowest BCUT2D eigenvalue weighted by Gasteiger charge is -2.24. The molecule has 0 bridgehead atoms. The van der Waals surface area contributed by atoms with Gasteiger partial charge in [-0.2, -0.15) is 15.5 Å². The number of ether oxygens (including phenoxy) is 3. The predicted molar refractivity (Wildman–Crippen MR) is 216 cm³/mol. The Labute approximate surface area is 336 Å². The van der Waals surface area contributed by atoms with Gasteiger partial charge in [-0.1, -0.05) is 60.1 Å². The minimum atomic E-state index is -1.65. The largest absolute Gasteiger partial charge is 0.492 e. The van der Waals surface area contributed by atoms with E-state index in [0.29, 0.717) is 42.0 Å². The van der Waals surface area contributed by atoms with Gasteiger partial charge in [-0.25, -0.2) is 0 Å². The van der Waals surface area contributed by atoms with Crippen LogP contribution >= 0.6 is 11.6 Å². The molecule has 0 aliphatic heterocycles. The van der Waals surface area contributed by atoms with E-state index in [1.54, 1.807) is 18.2 Å². The van der Waals surface area contributed by atoms with Crippen LogP contribution in [0.5, 0.6) is 17.5 Å². The van der Waals surface area contributed by atoms with Gasteiger partial charge in [0.15, 0.2) is 0 Å². The molecule has 5 aromatic rings. The second-order valence-electron chi connectivity index (χ2n) is 13.5. The standard InChI is InChI=1S/C44H44ClN5O7/c1-28-34(6-4-8-38(28)39-9-5-7-37(29(39)2)33-10-12-36(13-11-33)55-17-15-48-14-16-51)26-57-42-40(45)21-35(24-49-44(3,27-52)43(53)54)41(50-42)56-25-32-19-30(22-46)18-31(20-32)23-47/h4-13,18-21,48-49,51-52H,14-17,24-27H2,1-3H3,(H,53,54)/t44-/m0/s1. The van der Waals surface area contributed by atoms with Crippen molar-refractivity contribution >= 4 is 17.6 Å². The number of rotatable bonds is 19. The molecule has 12 nitrogen and oxygen atoms in total. The fourth-order valence-electron chi connectivity index (χ4n) is 6.09. The second-order valence-corrected chi connectivity index (χ2v) is 13.9. The van der Waals surface area contributed by atoms with E-state index in [1.807, 2.05) is 61.5 Å². The number of aromatic nitrogens is 1. The lowest BCUT2D eigenvalue weighted by atomic mass is 9.89. The van der Waals surface area contributed by atoms with Gasteiger partial charge in [0.1, 0.15) is 36.1 Å². The predicted octanol–water partition coefficient (Wildman–Crippen LogP) is 6.47. The van der Waals surface area contributed by atoms with E-state index >= 15 is 0 Å². The van der Waals surface area contributed by atoms with Gasteiger partial charge < -0.3 is 34.8 Å². The third-order valence-corrected chi connectivity index (χ3v) is 9.77. The molecule has 1 atom stereocenters. The first-order valence-corrected chi connectivity index (χ1v) is 18.6. The van der Waals surface area contributed by atoms with Crippen LogP contribution in [0.25, 0.3) is 22.3 Å². The number of hydrogen-bond acceptors (Lipinski definition) is 11. The summed E-state index contributed by atoms with van der Waals surface area (Å²) in [6.07, 6.45) is 0. The van der Waals surface area contributed by atoms with Crippen molar-refractivity contribution in [1.29, 1.82) is 10.5 Å². The molecule has 5 rings (SSSR count). The van der Waals surface area contributed by atoms with Gasteiger partial charge in [0.05, 0.1) is 36.5 Å². The van der Waals surface area contributed by atoms with Gasteiger partial charge in [-0.05, 0) is 102 Å². The van der Waals surface area contributed by atoms with Crippen molar-refractivity contribution in [2.45, 2.75) is 46.1 Å². The molecule has 5 N–H and O–H groups in total. The normalized spacial score (nSPS) is 11.9. The molecule has 1 aromatic heterocycles. The molecule has 0 radical (unpaired) electrons. The first-order valence-electron chi connectivity index (χ1n) is 18.2. The Morgan fingerprint density at radius 1 is 0.807 bits per heavy atom. The SMILES string of the molecule is Cc1c(COc2nc(OCc3cc(C#N)cc(C#N)c3)c(CN[C@@](C)(CO)C(=O)O)cc2Cl)cccc1-c1cccc(-c2ccc(OCCNCCO)cc2)c1C. The second kappa shape index (κ2) is 19.7. The number of halogens is 1. The molecule has 1 heterocycles. The summed E-state index contributed by atoms with van der Waals surface area (Å²) in [5.41, 5.74) is 7.15. The number of carboxylic acid groups (broad SMARTS) is 1. The summed E-state index contributed by atoms with van der Waals surface area (Å²) in [6, 6.07) is 30.5. The number of carboxylic acids is 1. The number of benzene rings is 4. The average Bonchev–Trinajstić information content (AvgIpc) is 3.22. The van der Waals surface area contributed by atoms with Crippen molar-refractivity contribution in [3.05, 3.63) is 129 Å². The number of nitriles is 2. The van der Waals surface area contributed by atoms with Gasteiger partial charge in [0.25, 0.3) is 0 Å². The zero-order valence-corrected chi connectivity index (χ0v) is 32.7. The number of aliphatic carboxylic acids is 1. The molecule has 13 heteroatoms. The fourth-order valence-corrected chi connectivity index (χ4v) is 6.31. The van der Waals surface area contributed by atoms with Crippen LogP contribution in [0.15, 0.2) is 84.9 Å². The van der Waals surface area contributed by atoms with E-state index in [-0.39, 0.29) is 43.1 Å². The van der Waals surface area contributed by atoms with Crippen molar-refractivity contribution in [2.75, 3.05) is 32.9 Å². The monoisotopic (exact) mass is 789 g/mol. The molecule has 0 aliphatic rings. The highest BCUT2D eigenvalue weighted by molar-refractivity contribution is 6.31. The highest BCUT2D eigenvalue weighted by atomic mass is 35.5. The summed E-state index contributed by atoms with van der Waals surface area (Å²) in [5.74, 6) is -0.313. The van der Waals surface area contributed by atoms with Crippen LogP contribution in [0.2, 0.25) is 5.02 Å². The van der Waals surface area contributed by atoms with Gasteiger partial charge in [-0.3, -0.25) is 10.1 Å². The Kier molecular flexibility index (Phi) is 14.6. The number of nitrogens with zero attached hydrogens (tertiary/aromatic N) is 3. The maximum atomic E-state index is 11.9. The summed E-state index contributed by atoms with van der Waals surface area (Å²) in [4.78, 5) is 16.4. The zero-order valence-electron chi connectivity index (χ0n) is 31.9. The smallest absolute Gasteiger partial charge is 0.326 e. The van der Waals surface area contributed by atoms with E-state index in [4.69, 9.17) is 30.9 Å². The van der Waals surface area contributed by atoms with Crippen LogP contribution in [-0.4, -0.2) is 64.7 Å². The molecule has 0 unspecified atom stereocenters. The third-order valence-electron chi connectivity index (χ3n) is 9.50. The van der Waals surface area contributed by atoms with Crippen molar-refractivity contribution in [1.82, 2.24) is 15.6 Å². The Morgan fingerprint density at radius 3 is 2.11 bits per heavy atom. The number of carbonyl (C=O) groups is 1. The molecule has 0 saturated heterocycles. The highest BCUT2D eigenvalue weighted by Crippen LogP contribution is 2.36.